The number of esters is 4. The summed E-state index contributed by atoms with van der Waals surface area (Å²) in [5.41, 5.74) is 3.67. The fraction of sp³-hybridized carbons (Fsp3) is 0.243. The lowest BCUT2D eigenvalue weighted by Gasteiger charge is -2.13. The Bertz CT molecular complexity index is 1660. The molecule has 0 aliphatic heterocycles. The van der Waals surface area contributed by atoms with E-state index < -0.39 is 30.5 Å². The highest BCUT2D eigenvalue weighted by molar-refractivity contribution is 5.93. The van der Waals surface area contributed by atoms with Gasteiger partial charge < -0.3 is 24.1 Å². The summed E-state index contributed by atoms with van der Waals surface area (Å²) in [6.45, 7) is 5.70. The van der Waals surface area contributed by atoms with E-state index in [1.165, 1.54) is 42.5 Å². The Morgan fingerprint density at radius 2 is 1.02 bits per heavy atom. The van der Waals surface area contributed by atoms with Gasteiger partial charge in [0.15, 0.2) is 0 Å². The molecule has 0 bridgehead atoms. The lowest BCUT2D eigenvalue weighted by molar-refractivity contribution is 0.0449. The maximum absolute atomic E-state index is 12.6. The van der Waals surface area contributed by atoms with Crippen LogP contribution in [0.1, 0.15) is 77.9 Å². The number of benzene rings is 4. The molecule has 4 aromatic carbocycles. The average molecular weight is 625 g/mol. The van der Waals surface area contributed by atoms with Crippen molar-refractivity contribution in [3.8, 4) is 11.5 Å². The van der Waals surface area contributed by atoms with Gasteiger partial charge in [0.25, 0.3) is 0 Å². The smallest absolute Gasteiger partial charge is 0.343 e. The fourth-order valence-electron chi connectivity index (χ4n) is 4.31. The molecule has 0 spiro atoms. The lowest BCUT2D eigenvalue weighted by atomic mass is 10.1. The van der Waals surface area contributed by atoms with Crippen molar-refractivity contribution < 1.29 is 43.2 Å². The molecule has 4 rings (SSSR count). The molecule has 4 aromatic rings. The maximum Gasteiger partial charge on any atom is 0.343 e. The molecule has 1 N–H and O–H groups in total. The monoisotopic (exact) mass is 624 g/mol. The number of carbonyl (C=O) groups is 4. The van der Waals surface area contributed by atoms with E-state index in [4.69, 9.17) is 18.9 Å². The second-order valence-electron chi connectivity index (χ2n) is 11.0. The van der Waals surface area contributed by atoms with Gasteiger partial charge in [-0.1, -0.05) is 42.3 Å². The van der Waals surface area contributed by atoms with E-state index in [9.17, 15) is 24.3 Å². The molecule has 1 atom stereocenters. The number of aliphatic hydroxyl groups excluding tert-OH is 1. The van der Waals surface area contributed by atoms with Crippen LogP contribution in [0.2, 0.25) is 0 Å². The lowest BCUT2D eigenvalue weighted by Crippen LogP contribution is -2.13. The first kappa shape index (κ1) is 33.6. The van der Waals surface area contributed by atoms with Gasteiger partial charge in [0, 0.05) is 5.56 Å². The highest BCUT2D eigenvalue weighted by Crippen LogP contribution is 2.23. The number of aryl methyl sites for hydroxylation is 2. The third-order valence-electron chi connectivity index (χ3n) is 7.23. The number of hydrogen-bond acceptors (Lipinski definition) is 9. The Labute approximate surface area is 267 Å². The van der Waals surface area contributed by atoms with E-state index in [1.54, 1.807) is 36.4 Å². The van der Waals surface area contributed by atoms with Gasteiger partial charge >= 0.3 is 23.9 Å². The number of carbonyl (C=O) groups excluding carboxylic acids is 4. The van der Waals surface area contributed by atoms with Gasteiger partial charge in [0.2, 0.25) is 0 Å². The Morgan fingerprint density at radius 1 is 0.587 bits per heavy atom. The van der Waals surface area contributed by atoms with Crippen molar-refractivity contribution in [1.82, 2.24) is 0 Å². The third-order valence-corrected chi connectivity index (χ3v) is 7.23. The largest absolute Gasteiger partial charge is 0.462 e. The molecule has 0 radical (unpaired) electrons. The SMILES string of the molecule is Cc1ccc(C(=O)Oc2ccc(C(=O)OCCC(C)CCOC(=O)c3ccc(OC(=O)c4ccc(C)cc4)c(CO)c3)cc2)cc1. The average Bonchev–Trinajstić information content (AvgIpc) is 3.05. The summed E-state index contributed by atoms with van der Waals surface area (Å²) in [6, 6.07) is 24.4. The molecule has 238 valence electrons. The first-order valence-electron chi connectivity index (χ1n) is 14.9. The van der Waals surface area contributed by atoms with Crippen LogP contribution in [0.25, 0.3) is 0 Å². The number of hydrogen-bond donors (Lipinski definition) is 1. The molecule has 0 saturated heterocycles. The summed E-state index contributed by atoms with van der Waals surface area (Å²) in [5.74, 6) is -1.55. The zero-order chi connectivity index (χ0) is 33.1. The molecular formula is C37H36O9. The summed E-state index contributed by atoms with van der Waals surface area (Å²) in [6.07, 6.45) is 1.11. The molecule has 9 heteroatoms. The minimum absolute atomic E-state index is 0.0979. The van der Waals surface area contributed by atoms with Crippen molar-refractivity contribution in [3.05, 3.63) is 130 Å². The first-order valence-corrected chi connectivity index (χ1v) is 14.9. The van der Waals surface area contributed by atoms with Gasteiger partial charge in [-0.05, 0) is 99.3 Å². The Morgan fingerprint density at radius 3 is 1.54 bits per heavy atom. The number of rotatable bonds is 13. The summed E-state index contributed by atoms with van der Waals surface area (Å²) in [4.78, 5) is 49.8. The van der Waals surface area contributed by atoms with Crippen LogP contribution in [0.15, 0.2) is 91.0 Å². The second kappa shape index (κ2) is 16.2. The van der Waals surface area contributed by atoms with Gasteiger partial charge in [-0.15, -0.1) is 0 Å². The zero-order valence-corrected chi connectivity index (χ0v) is 26.0. The Hall–Kier alpha value is -5.28. The van der Waals surface area contributed by atoms with Crippen LogP contribution in [0, 0.1) is 19.8 Å². The first-order chi connectivity index (χ1) is 22.1. The van der Waals surface area contributed by atoms with Crippen LogP contribution in [0.3, 0.4) is 0 Å². The molecule has 0 amide bonds. The standard InChI is InChI=1S/C37H36O9/c1-24-4-8-28(9-5-24)36(41)45-32-15-12-27(13-16-32)34(39)43-20-18-26(3)19-21-44-35(40)30-14-17-33(31(22-30)23-38)46-37(42)29-10-6-25(2)7-11-29/h4-17,22,26,38H,18-21,23H2,1-3H3. The summed E-state index contributed by atoms with van der Waals surface area (Å²) in [7, 11) is 0. The highest BCUT2D eigenvalue weighted by Gasteiger charge is 2.16. The van der Waals surface area contributed by atoms with Crippen LogP contribution in [0.5, 0.6) is 11.5 Å². The Kier molecular flexibility index (Phi) is 11.8. The molecule has 0 aliphatic rings. The van der Waals surface area contributed by atoms with Gasteiger partial charge in [-0.25, -0.2) is 19.2 Å². The van der Waals surface area contributed by atoms with E-state index >= 15 is 0 Å². The van der Waals surface area contributed by atoms with E-state index in [0.29, 0.717) is 35.3 Å². The van der Waals surface area contributed by atoms with Crippen LogP contribution in [-0.2, 0) is 16.1 Å². The quantitative estimate of drug-likeness (QED) is 0.128. The van der Waals surface area contributed by atoms with Crippen LogP contribution in [0.4, 0.5) is 0 Å². The van der Waals surface area contributed by atoms with Crippen molar-refractivity contribution in [3.63, 3.8) is 0 Å². The summed E-state index contributed by atoms with van der Waals surface area (Å²) in [5, 5.41) is 9.78. The zero-order valence-electron chi connectivity index (χ0n) is 26.0. The van der Waals surface area contributed by atoms with E-state index in [0.717, 1.165) is 11.1 Å². The molecule has 0 heterocycles. The van der Waals surface area contributed by atoms with Crippen LogP contribution < -0.4 is 9.47 Å². The molecular weight excluding hydrogens is 588 g/mol. The predicted molar refractivity (Wildman–Crippen MR) is 170 cm³/mol. The summed E-state index contributed by atoms with van der Waals surface area (Å²) >= 11 is 0. The minimum atomic E-state index is -0.572. The topological polar surface area (TPSA) is 125 Å². The number of aliphatic hydroxyl groups is 1. The molecule has 9 nitrogen and oxygen atoms in total. The normalized spacial score (nSPS) is 11.3. The van der Waals surface area contributed by atoms with Crippen LogP contribution >= 0.6 is 0 Å². The van der Waals surface area contributed by atoms with E-state index in [2.05, 4.69) is 0 Å². The third kappa shape index (κ3) is 9.61. The minimum Gasteiger partial charge on any atom is -0.462 e. The predicted octanol–water partition coefficient (Wildman–Crippen LogP) is 6.66. The van der Waals surface area contributed by atoms with Crippen molar-refractivity contribution >= 4 is 23.9 Å². The summed E-state index contributed by atoms with van der Waals surface area (Å²) < 4.78 is 21.6. The van der Waals surface area contributed by atoms with Crippen molar-refractivity contribution in [2.75, 3.05) is 13.2 Å². The molecule has 0 aliphatic carbocycles. The highest BCUT2D eigenvalue weighted by atomic mass is 16.5. The second-order valence-corrected chi connectivity index (χ2v) is 11.0. The molecule has 0 aromatic heterocycles. The Balaban J connectivity index is 1.17. The molecule has 1 unspecified atom stereocenters. The van der Waals surface area contributed by atoms with Crippen molar-refractivity contribution in [2.45, 2.75) is 40.2 Å². The molecule has 0 fully saturated rings. The fourth-order valence-corrected chi connectivity index (χ4v) is 4.31. The van der Waals surface area contributed by atoms with Gasteiger partial charge in [0.05, 0.1) is 42.1 Å². The van der Waals surface area contributed by atoms with E-state index in [-0.39, 0.29) is 36.0 Å². The molecule has 46 heavy (non-hydrogen) atoms. The number of ether oxygens (including phenoxy) is 4. The van der Waals surface area contributed by atoms with E-state index in [1.807, 2.05) is 32.9 Å². The van der Waals surface area contributed by atoms with Gasteiger partial charge in [0.1, 0.15) is 11.5 Å². The maximum atomic E-state index is 12.6. The van der Waals surface area contributed by atoms with Gasteiger partial charge in [-0.2, -0.15) is 0 Å². The van der Waals surface area contributed by atoms with Crippen molar-refractivity contribution in [1.29, 1.82) is 0 Å². The van der Waals surface area contributed by atoms with Gasteiger partial charge in [-0.3, -0.25) is 0 Å². The van der Waals surface area contributed by atoms with Crippen LogP contribution in [-0.4, -0.2) is 42.2 Å². The molecule has 0 saturated carbocycles. The van der Waals surface area contributed by atoms with Crippen molar-refractivity contribution in [2.24, 2.45) is 5.92 Å².